The number of para-hydroxylation sites is 1. The number of anilines is 1. The Morgan fingerprint density at radius 2 is 1.59 bits per heavy atom. The van der Waals surface area contributed by atoms with E-state index in [1.54, 1.807) is 0 Å². The van der Waals surface area contributed by atoms with Gasteiger partial charge in [-0.15, -0.1) is 0 Å². The second kappa shape index (κ2) is 7.77. The molecule has 32 heavy (non-hydrogen) atoms. The molecule has 0 spiro atoms. The molecule has 1 aliphatic rings. The van der Waals surface area contributed by atoms with Crippen molar-refractivity contribution in [2.45, 2.75) is 18.9 Å². The van der Waals surface area contributed by atoms with E-state index in [9.17, 15) is 19.7 Å². The van der Waals surface area contributed by atoms with Crippen molar-refractivity contribution in [2.24, 2.45) is 0 Å². The van der Waals surface area contributed by atoms with E-state index < -0.39 is 10.8 Å². The lowest BCUT2D eigenvalue weighted by Gasteiger charge is -2.14. The third kappa shape index (κ3) is 3.33. The number of carbonyl (C=O) groups excluding carboxylic acids is 2. The molecule has 2 heterocycles. The number of benzene rings is 3. The molecule has 0 saturated carbocycles. The second-order valence-corrected chi connectivity index (χ2v) is 7.81. The molecule has 0 radical (unpaired) electrons. The van der Waals surface area contributed by atoms with E-state index >= 15 is 0 Å². The van der Waals surface area contributed by atoms with Gasteiger partial charge >= 0.3 is 0 Å². The Balaban J connectivity index is 1.51. The first-order chi connectivity index (χ1) is 15.5. The monoisotopic (exact) mass is 425 g/mol. The Hall–Kier alpha value is -4.26. The molecule has 0 bridgehead atoms. The summed E-state index contributed by atoms with van der Waals surface area (Å²) in [6.07, 6.45) is 2.03. The van der Waals surface area contributed by atoms with Crippen molar-refractivity contribution in [3.8, 4) is 0 Å². The number of nitrogens with zero attached hydrogens (tertiary/aromatic N) is 3. The maximum absolute atomic E-state index is 13.3. The Bertz CT molecular complexity index is 1340. The number of hydrogen-bond donors (Lipinski definition) is 0. The van der Waals surface area contributed by atoms with Crippen LogP contribution in [0.25, 0.3) is 10.9 Å². The first-order valence-corrected chi connectivity index (χ1v) is 10.3. The van der Waals surface area contributed by atoms with Crippen LogP contribution >= 0.6 is 0 Å². The van der Waals surface area contributed by atoms with Gasteiger partial charge in [-0.2, -0.15) is 0 Å². The summed E-state index contributed by atoms with van der Waals surface area (Å²) in [5.41, 5.74) is 3.22. The highest BCUT2D eigenvalue weighted by atomic mass is 16.6. The number of hydrogen-bond acceptors (Lipinski definition) is 4. The molecule has 7 nitrogen and oxygen atoms in total. The van der Waals surface area contributed by atoms with E-state index in [4.69, 9.17) is 0 Å². The fourth-order valence-electron chi connectivity index (χ4n) is 4.33. The minimum absolute atomic E-state index is 0.0646. The number of carbonyl (C=O) groups is 2. The number of fused-ring (bicyclic) bond motifs is 1. The fourth-order valence-corrected chi connectivity index (χ4v) is 4.33. The number of non-ortho nitro benzene ring substituents is 1. The van der Waals surface area contributed by atoms with Gasteiger partial charge in [-0.05, 0) is 29.3 Å². The molecule has 1 fully saturated rings. The summed E-state index contributed by atoms with van der Waals surface area (Å²) >= 11 is 0. The molecule has 5 rings (SSSR count). The van der Waals surface area contributed by atoms with Crippen LogP contribution in [-0.2, 0) is 16.1 Å². The van der Waals surface area contributed by atoms with Crippen molar-refractivity contribution in [1.29, 1.82) is 0 Å². The van der Waals surface area contributed by atoms with Crippen molar-refractivity contribution >= 4 is 34.1 Å². The van der Waals surface area contributed by atoms with Crippen molar-refractivity contribution in [2.75, 3.05) is 4.90 Å². The summed E-state index contributed by atoms with van der Waals surface area (Å²) in [7, 11) is 0. The molecule has 4 aromatic rings. The number of amides is 2. The molecule has 0 unspecified atom stereocenters. The van der Waals surface area contributed by atoms with Gasteiger partial charge in [-0.3, -0.25) is 19.7 Å². The summed E-state index contributed by atoms with van der Waals surface area (Å²) < 4.78 is 2.10. The Morgan fingerprint density at radius 3 is 2.31 bits per heavy atom. The zero-order valence-electron chi connectivity index (χ0n) is 17.0. The highest BCUT2D eigenvalue weighted by Gasteiger charge is 2.41. The molecule has 2 amide bonds. The van der Waals surface area contributed by atoms with Gasteiger partial charge in [0.25, 0.3) is 5.69 Å². The number of aromatic nitrogens is 1. The predicted octanol–water partition coefficient (Wildman–Crippen LogP) is 4.64. The van der Waals surface area contributed by atoms with Crippen LogP contribution in [0, 0.1) is 10.1 Å². The first-order valence-electron chi connectivity index (χ1n) is 10.3. The van der Waals surface area contributed by atoms with Crippen LogP contribution in [-0.4, -0.2) is 21.3 Å². The van der Waals surface area contributed by atoms with E-state index in [2.05, 4.69) is 16.7 Å². The zero-order valence-corrected chi connectivity index (χ0v) is 17.0. The predicted molar refractivity (Wildman–Crippen MR) is 120 cm³/mol. The third-order valence-electron chi connectivity index (χ3n) is 5.86. The highest BCUT2D eigenvalue weighted by Crippen LogP contribution is 2.38. The van der Waals surface area contributed by atoms with E-state index in [0.717, 1.165) is 26.9 Å². The lowest BCUT2D eigenvalue weighted by molar-refractivity contribution is -0.384. The van der Waals surface area contributed by atoms with Gasteiger partial charge in [0.1, 0.15) is 0 Å². The summed E-state index contributed by atoms with van der Waals surface area (Å²) in [4.78, 5) is 37.6. The molecule has 1 aromatic heterocycles. The first kappa shape index (κ1) is 19.7. The zero-order chi connectivity index (χ0) is 22.2. The lowest BCUT2D eigenvalue weighted by Crippen LogP contribution is -2.29. The van der Waals surface area contributed by atoms with Crippen molar-refractivity contribution < 1.29 is 14.5 Å². The van der Waals surface area contributed by atoms with E-state index in [1.165, 1.54) is 24.3 Å². The quantitative estimate of drug-likeness (QED) is 0.265. The average molecular weight is 425 g/mol. The molecule has 158 valence electrons. The maximum atomic E-state index is 13.3. The SMILES string of the molecule is O=C1C[C@H](c2cn(Cc3ccccc3)c3ccccc23)C(=O)N1c1ccc([N+](=O)[O-])cc1. The van der Waals surface area contributed by atoms with Crippen molar-refractivity contribution in [3.63, 3.8) is 0 Å². The van der Waals surface area contributed by atoms with Crippen molar-refractivity contribution in [1.82, 2.24) is 4.57 Å². The van der Waals surface area contributed by atoms with Crippen LogP contribution in [0.2, 0.25) is 0 Å². The molecule has 1 saturated heterocycles. The summed E-state index contributed by atoms with van der Waals surface area (Å²) in [6.45, 7) is 0.655. The van der Waals surface area contributed by atoms with E-state index in [0.29, 0.717) is 12.2 Å². The summed E-state index contributed by atoms with van der Waals surface area (Å²) in [6, 6.07) is 23.4. The van der Waals surface area contributed by atoms with E-state index in [1.807, 2.05) is 48.7 Å². The fraction of sp³-hybridized carbons (Fsp3) is 0.120. The summed E-state index contributed by atoms with van der Waals surface area (Å²) in [5.74, 6) is -1.22. The van der Waals surface area contributed by atoms with Gasteiger partial charge in [0.15, 0.2) is 0 Å². The van der Waals surface area contributed by atoms with Gasteiger partial charge in [0, 0.05) is 42.2 Å². The Morgan fingerprint density at radius 1 is 0.906 bits per heavy atom. The second-order valence-electron chi connectivity index (χ2n) is 7.81. The molecule has 3 aromatic carbocycles. The van der Waals surface area contributed by atoms with Gasteiger partial charge < -0.3 is 4.57 Å². The third-order valence-corrected chi connectivity index (χ3v) is 5.86. The standard InChI is InChI=1S/C25H19N3O4/c29-24-14-21(25(30)27(24)18-10-12-19(13-11-18)28(31)32)22-16-26(15-17-6-2-1-3-7-17)23-9-5-4-8-20(22)23/h1-13,16,21H,14-15H2/t21-/m1/s1. The Kier molecular flexibility index (Phi) is 4.78. The molecular formula is C25H19N3O4. The smallest absolute Gasteiger partial charge is 0.269 e. The minimum Gasteiger partial charge on any atom is -0.343 e. The van der Waals surface area contributed by atoms with Gasteiger partial charge in [-0.25, -0.2) is 4.90 Å². The van der Waals surface area contributed by atoms with Crippen LogP contribution in [0.5, 0.6) is 0 Å². The van der Waals surface area contributed by atoms with Crippen LogP contribution in [0.3, 0.4) is 0 Å². The van der Waals surface area contributed by atoms with Crippen LogP contribution in [0.15, 0.2) is 85.1 Å². The minimum atomic E-state index is -0.598. The number of imide groups is 1. The number of nitro groups is 1. The summed E-state index contributed by atoms with van der Waals surface area (Å²) in [5, 5.41) is 11.9. The molecular weight excluding hydrogens is 406 g/mol. The number of rotatable bonds is 5. The highest BCUT2D eigenvalue weighted by molar-refractivity contribution is 6.23. The Labute approximate surface area is 183 Å². The van der Waals surface area contributed by atoms with E-state index in [-0.39, 0.29) is 23.9 Å². The molecule has 0 N–H and O–H groups in total. The maximum Gasteiger partial charge on any atom is 0.269 e. The largest absolute Gasteiger partial charge is 0.343 e. The molecule has 1 aliphatic heterocycles. The van der Waals surface area contributed by atoms with Crippen LogP contribution in [0.4, 0.5) is 11.4 Å². The average Bonchev–Trinajstić information content (AvgIpc) is 3.31. The van der Waals surface area contributed by atoms with Gasteiger partial charge in [0.05, 0.1) is 16.5 Å². The van der Waals surface area contributed by atoms with Gasteiger partial charge in [0.2, 0.25) is 11.8 Å². The molecule has 1 atom stereocenters. The topological polar surface area (TPSA) is 85.5 Å². The molecule has 7 heteroatoms. The normalized spacial score (nSPS) is 16.1. The lowest BCUT2D eigenvalue weighted by atomic mass is 9.97. The number of nitro benzene ring substituents is 1. The van der Waals surface area contributed by atoms with Crippen LogP contribution in [0.1, 0.15) is 23.5 Å². The molecule has 0 aliphatic carbocycles. The van der Waals surface area contributed by atoms with Crippen molar-refractivity contribution in [3.05, 3.63) is 106 Å². The van der Waals surface area contributed by atoms with Gasteiger partial charge in [-0.1, -0.05) is 48.5 Å². The van der Waals surface area contributed by atoms with Crippen LogP contribution < -0.4 is 4.90 Å².